The highest BCUT2D eigenvalue weighted by Gasteiger charge is 2.25. The SMILES string of the molecule is COc1ccc(/C=C2\C[C@H](C)OC2=O)cc1OC. The molecule has 0 bridgehead atoms. The number of benzene rings is 1. The number of hydrogen-bond donors (Lipinski definition) is 0. The van der Waals surface area contributed by atoms with Crippen LogP contribution in [-0.4, -0.2) is 26.3 Å². The van der Waals surface area contributed by atoms with E-state index in [4.69, 9.17) is 14.2 Å². The molecule has 1 atom stereocenters. The summed E-state index contributed by atoms with van der Waals surface area (Å²) in [7, 11) is 3.17. The van der Waals surface area contributed by atoms with E-state index in [0.717, 1.165) is 5.56 Å². The van der Waals surface area contributed by atoms with Gasteiger partial charge in [-0.25, -0.2) is 4.79 Å². The van der Waals surface area contributed by atoms with Crippen molar-refractivity contribution in [1.29, 1.82) is 0 Å². The Labute approximate surface area is 106 Å². The Hall–Kier alpha value is -1.97. The van der Waals surface area contributed by atoms with Crippen molar-refractivity contribution in [3.63, 3.8) is 0 Å². The molecule has 0 aliphatic carbocycles. The van der Waals surface area contributed by atoms with Crippen LogP contribution in [0.15, 0.2) is 23.8 Å². The summed E-state index contributed by atoms with van der Waals surface area (Å²) in [6, 6.07) is 5.53. The number of carbonyl (C=O) groups excluding carboxylic acids is 1. The first-order valence-corrected chi connectivity index (χ1v) is 5.77. The molecule has 0 radical (unpaired) electrons. The Morgan fingerprint density at radius 3 is 2.56 bits per heavy atom. The van der Waals surface area contributed by atoms with Gasteiger partial charge in [0, 0.05) is 12.0 Å². The Kier molecular flexibility index (Phi) is 3.55. The third-order valence-electron chi connectivity index (χ3n) is 2.83. The third kappa shape index (κ3) is 2.47. The van der Waals surface area contributed by atoms with Crippen molar-refractivity contribution < 1.29 is 19.0 Å². The van der Waals surface area contributed by atoms with E-state index in [9.17, 15) is 4.79 Å². The van der Waals surface area contributed by atoms with Gasteiger partial charge in [0.15, 0.2) is 11.5 Å². The standard InChI is InChI=1S/C14H16O4/c1-9-6-11(14(15)18-9)7-10-4-5-12(16-2)13(8-10)17-3/h4-5,7-9H,6H2,1-3H3/b11-7+/t9-/m0/s1. The topological polar surface area (TPSA) is 44.8 Å². The summed E-state index contributed by atoms with van der Waals surface area (Å²) in [5.41, 5.74) is 1.59. The van der Waals surface area contributed by atoms with Crippen LogP contribution in [0.5, 0.6) is 11.5 Å². The zero-order valence-electron chi connectivity index (χ0n) is 10.7. The second-order valence-corrected chi connectivity index (χ2v) is 4.20. The van der Waals surface area contributed by atoms with Crippen molar-refractivity contribution in [2.45, 2.75) is 19.4 Å². The Morgan fingerprint density at radius 2 is 2.00 bits per heavy atom. The van der Waals surface area contributed by atoms with E-state index in [2.05, 4.69) is 0 Å². The second-order valence-electron chi connectivity index (χ2n) is 4.20. The first-order chi connectivity index (χ1) is 8.63. The molecule has 0 spiro atoms. The highest BCUT2D eigenvalue weighted by molar-refractivity contribution is 5.95. The van der Waals surface area contributed by atoms with E-state index >= 15 is 0 Å². The number of carbonyl (C=O) groups is 1. The maximum Gasteiger partial charge on any atom is 0.334 e. The summed E-state index contributed by atoms with van der Waals surface area (Å²) in [4.78, 5) is 11.5. The van der Waals surface area contributed by atoms with Crippen molar-refractivity contribution in [1.82, 2.24) is 0 Å². The van der Waals surface area contributed by atoms with Gasteiger partial charge in [0.25, 0.3) is 0 Å². The average Bonchev–Trinajstić information content (AvgIpc) is 2.67. The monoisotopic (exact) mass is 248 g/mol. The molecule has 4 nitrogen and oxygen atoms in total. The second kappa shape index (κ2) is 5.12. The lowest BCUT2D eigenvalue weighted by Gasteiger charge is -2.07. The van der Waals surface area contributed by atoms with Crippen molar-refractivity contribution in [2.75, 3.05) is 14.2 Å². The van der Waals surface area contributed by atoms with Gasteiger partial charge in [-0.05, 0) is 30.7 Å². The van der Waals surface area contributed by atoms with Crippen LogP contribution in [-0.2, 0) is 9.53 Å². The molecule has 18 heavy (non-hydrogen) atoms. The number of methoxy groups -OCH3 is 2. The fraction of sp³-hybridized carbons (Fsp3) is 0.357. The lowest BCUT2D eigenvalue weighted by Crippen LogP contribution is -1.99. The fourth-order valence-corrected chi connectivity index (χ4v) is 1.95. The van der Waals surface area contributed by atoms with Gasteiger partial charge in [0.05, 0.1) is 14.2 Å². The molecule has 2 rings (SSSR count). The minimum absolute atomic E-state index is 0.0381. The van der Waals surface area contributed by atoms with Crippen molar-refractivity contribution in [2.24, 2.45) is 0 Å². The minimum atomic E-state index is -0.239. The van der Waals surface area contributed by atoms with Crippen molar-refractivity contribution >= 4 is 12.0 Å². The number of hydrogen-bond acceptors (Lipinski definition) is 4. The largest absolute Gasteiger partial charge is 0.493 e. The van der Waals surface area contributed by atoms with Crippen LogP contribution < -0.4 is 9.47 Å². The van der Waals surface area contributed by atoms with Crippen LogP contribution in [0.3, 0.4) is 0 Å². The third-order valence-corrected chi connectivity index (χ3v) is 2.83. The fourth-order valence-electron chi connectivity index (χ4n) is 1.95. The number of rotatable bonds is 3. The van der Waals surface area contributed by atoms with E-state index in [1.165, 1.54) is 0 Å². The van der Waals surface area contributed by atoms with Gasteiger partial charge >= 0.3 is 5.97 Å². The van der Waals surface area contributed by atoms with E-state index < -0.39 is 0 Å². The van der Waals surface area contributed by atoms with Gasteiger partial charge in [0.2, 0.25) is 0 Å². The van der Waals surface area contributed by atoms with Gasteiger partial charge in [-0.1, -0.05) is 6.07 Å². The molecule has 96 valence electrons. The highest BCUT2D eigenvalue weighted by atomic mass is 16.5. The smallest absolute Gasteiger partial charge is 0.334 e. The van der Waals surface area contributed by atoms with Crippen LogP contribution in [0.2, 0.25) is 0 Å². The van der Waals surface area contributed by atoms with E-state index in [1.54, 1.807) is 14.2 Å². The van der Waals surface area contributed by atoms with E-state index in [1.807, 2.05) is 31.2 Å². The Morgan fingerprint density at radius 1 is 1.28 bits per heavy atom. The predicted molar refractivity (Wildman–Crippen MR) is 67.7 cm³/mol. The van der Waals surface area contributed by atoms with Crippen molar-refractivity contribution in [3.8, 4) is 11.5 Å². The molecule has 0 N–H and O–H groups in total. The normalized spacial score (nSPS) is 20.9. The maximum atomic E-state index is 11.5. The summed E-state index contributed by atoms with van der Waals surface area (Å²) in [5.74, 6) is 1.07. The van der Waals surface area contributed by atoms with E-state index in [-0.39, 0.29) is 12.1 Å². The maximum absolute atomic E-state index is 11.5. The average molecular weight is 248 g/mol. The number of cyclic esters (lactones) is 1. The van der Waals surface area contributed by atoms with Crippen LogP contribution in [0, 0.1) is 0 Å². The summed E-state index contributed by atoms with van der Waals surface area (Å²) in [6.07, 6.45) is 2.44. The van der Waals surface area contributed by atoms with Crippen molar-refractivity contribution in [3.05, 3.63) is 29.3 Å². The molecule has 1 fully saturated rings. The molecular weight excluding hydrogens is 232 g/mol. The molecule has 1 aliphatic heterocycles. The predicted octanol–water partition coefficient (Wildman–Crippen LogP) is 2.42. The van der Waals surface area contributed by atoms with Gasteiger partial charge in [-0.3, -0.25) is 0 Å². The molecule has 1 heterocycles. The number of ether oxygens (including phenoxy) is 3. The zero-order valence-corrected chi connectivity index (χ0v) is 10.7. The molecule has 1 aromatic rings. The summed E-state index contributed by atoms with van der Waals surface area (Å²) >= 11 is 0. The van der Waals surface area contributed by atoms with Crippen LogP contribution in [0.1, 0.15) is 18.9 Å². The van der Waals surface area contributed by atoms with Gasteiger partial charge < -0.3 is 14.2 Å². The molecule has 0 amide bonds. The minimum Gasteiger partial charge on any atom is -0.493 e. The van der Waals surface area contributed by atoms with Crippen LogP contribution >= 0.6 is 0 Å². The van der Waals surface area contributed by atoms with E-state index in [0.29, 0.717) is 23.5 Å². The first-order valence-electron chi connectivity index (χ1n) is 5.77. The molecule has 0 saturated carbocycles. The summed E-state index contributed by atoms with van der Waals surface area (Å²) in [6.45, 7) is 1.88. The molecule has 1 aliphatic rings. The number of esters is 1. The van der Waals surface area contributed by atoms with Crippen LogP contribution in [0.25, 0.3) is 6.08 Å². The summed E-state index contributed by atoms with van der Waals surface area (Å²) in [5, 5.41) is 0. The highest BCUT2D eigenvalue weighted by Crippen LogP contribution is 2.30. The molecule has 4 heteroatoms. The molecule has 0 unspecified atom stereocenters. The molecule has 1 saturated heterocycles. The lowest BCUT2D eigenvalue weighted by molar-refractivity contribution is -0.138. The Balaban J connectivity index is 2.29. The zero-order chi connectivity index (χ0) is 13.1. The molecule has 0 aromatic heterocycles. The Bertz CT molecular complexity index is 491. The van der Waals surface area contributed by atoms with Crippen LogP contribution in [0.4, 0.5) is 0 Å². The van der Waals surface area contributed by atoms with Gasteiger partial charge in [0.1, 0.15) is 6.10 Å². The lowest BCUT2D eigenvalue weighted by atomic mass is 10.1. The molecular formula is C14H16O4. The van der Waals surface area contributed by atoms with Gasteiger partial charge in [-0.15, -0.1) is 0 Å². The van der Waals surface area contributed by atoms with Gasteiger partial charge in [-0.2, -0.15) is 0 Å². The first kappa shape index (κ1) is 12.5. The summed E-state index contributed by atoms with van der Waals surface area (Å²) < 4.78 is 15.5. The molecule has 1 aromatic carbocycles. The quantitative estimate of drug-likeness (QED) is 0.608.